The van der Waals surface area contributed by atoms with Gasteiger partial charge in [0.25, 0.3) is 0 Å². The second kappa shape index (κ2) is 26.4. The van der Waals surface area contributed by atoms with Crippen molar-refractivity contribution in [3.8, 4) is 0 Å². The third kappa shape index (κ3) is 38400. The Kier molecular flexibility index (Phi) is 79.8. The predicted octanol–water partition coefficient (Wildman–Crippen LogP) is -8.14. The molecule has 22 heteroatoms. The van der Waals surface area contributed by atoms with Crippen molar-refractivity contribution in [3.63, 3.8) is 0 Å². The van der Waals surface area contributed by atoms with Gasteiger partial charge in [-0.05, 0) is 0 Å². The van der Waals surface area contributed by atoms with Crippen LogP contribution in [-0.4, -0.2) is 80.0 Å². The van der Waals surface area contributed by atoms with Crippen molar-refractivity contribution in [1.82, 2.24) is 0 Å². The van der Waals surface area contributed by atoms with Crippen LogP contribution < -0.4 is 0 Å². The first-order valence-electron chi connectivity index (χ1n) is 2.00. The smallest absolute Gasteiger partial charge is 0.0311 e. The van der Waals surface area contributed by atoms with Gasteiger partial charge in [0, 0.05) is 65.3 Å². The molecule has 0 unspecified atom stereocenters. The molecule has 0 amide bonds. The molecule has 0 spiro atoms. The third-order valence-corrected chi connectivity index (χ3v) is 0. The summed E-state index contributed by atoms with van der Waals surface area (Å²) in [5.41, 5.74) is 0. The van der Waals surface area contributed by atoms with E-state index >= 15 is 0 Å². The van der Waals surface area contributed by atoms with Crippen LogP contribution in [0.1, 0.15) is 0 Å². The van der Waals surface area contributed by atoms with E-state index in [4.69, 9.17) is 52.6 Å². The number of hydrogen-bond acceptors (Lipinski definition) is 12. The maximum atomic E-state index is 8.52. The Balaban J connectivity index is -0.0000000106. The summed E-state index contributed by atoms with van der Waals surface area (Å²) in [6, 6.07) is 0. The summed E-state index contributed by atoms with van der Waals surface area (Å²) < 4.78 is 102. The molecule has 0 saturated heterocycles. The molecule has 0 aromatic carbocycles. The number of hydrogen-bond donors (Lipinski definition) is 0. The van der Waals surface area contributed by atoms with E-state index in [1.807, 2.05) is 0 Å². The first-order valence-corrected chi connectivity index (χ1v) is 6.00. The Hall–Kier alpha value is 0.449. The first kappa shape index (κ1) is 66.6. The molecule has 17 nitrogen and oxygen atoms in total. The SMILES string of the molecule is O.O.O.O.O.O=S(=O)([O-])[O-].O=S(=O)([O-])[O-].O=S(=O)([O-])[O-].[Cu].[Cu]. The Morgan fingerprint density at radius 2 is 0.364 bits per heavy atom. The van der Waals surface area contributed by atoms with Gasteiger partial charge < -0.3 is 54.7 Å². The Morgan fingerprint density at radius 1 is 0.364 bits per heavy atom. The first-order chi connectivity index (χ1) is 6.00. The van der Waals surface area contributed by atoms with E-state index in [1.54, 1.807) is 0 Å². The van der Waals surface area contributed by atoms with Crippen molar-refractivity contribution < 1.29 is 114 Å². The molecule has 0 aliphatic heterocycles. The topological polar surface area (TPSA) is 398 Å². The molecule has 0 bridgehead atoms. The van der Waals surface area contributed by atoms with Crippen LogP contribution in [0.4, 0.5) is 0 Å². The molecule has 0 fully saturated rings. The molecule has 10 N–H and O–H groups in total. The molecule has 0 heterocycles. The fraction of sp³-hybridized carbons (Fsp3) is 0. The van der Waals surface area contributed by atoms with Gasteiger partial charge in [0.15, 0.2) is 0 Å². The molecular weight excluding hydrogens is 495 g/mol. The minimum Gasteiger partial charge on any atom is -0.759 e. The molecule has 2 radical (unpaired) electrons. The molecule has 0 aliphatic carbocycles. The van der Waals surface area contributed by atoms with Crippen LogP contribution in [0.3, 0.4) is 0 Å². The maximum Gasteiger partial charge on any atom is 0.0311 e. The monoisotopic (exact) mass is 504 g/mol. The fourth-order valence-corrected chi connectivity index (χ4v) is 0. The quantitative estimate of drug-likeness (QED) is 0.168. The van der Waals surface area contributed by atoms with Gasteiger partial charge in [0.1, 0.15) is 0 Å². The van der Waals surface area contributed by atoms with Gasteiger partial charge in [-0.15, -0.1) is 0 Å². The largest absolute Gasteiger partial charge is 0.759 e. The average molecular weight is 505 g/mol. The van der Waals surface area contributed by atoms with Crippen molar-refractivity contribution in [2.45, 2.75) is 0 Å². The molecule has 0 saturated carbocycles. The van der Waals surface area contributed by atoms with Gasteiger partial charge in [-0.3, -0.25) is 25.3 Å². The minimum absolute atomic E-state index is 0. The average Bonchev–Trinajstić information content (AvgIpc) is 1.41. The summed E-state index contributed by atoms with van der Waals surface area (Å²) in [6.45, 7) is 0. The van der Waals surface area contributed by atoms with E-state index in [9.17, 15) is 0 Å². The zero-order valence-corrected chi connectivity index (χ0v) is 13.6. The molecule has 0 aromatic rings. The van der Waals surface area contributed by atoms with Gasteiger partial charge in [-0.25, -0.2) is 0 Å². The molecule has 0 aliphatic rings. The Morgan fingerprint density at radius 3 is 0.364 bits per heavy atom. The van der Waals surface area contributed by atoms with Gasteiger partial charge in [-0.2, -0.15) is 0 Å². The summed E-state index contributed by atoms with van der Waals surface area (Å²) in [5.74, 6) is 0. The van der Waals surface area contributed by atoms with Crippen LogP contribution in [-0.2, 0) is 65.3 Å². The minimum atomic E-state index is -5.17. The van der Waals surface area contributed by atoms with Crippen molar-refractivity contribution >= 4 is 31.2 Å². The van der Waals surface area contributed by atoms with Crippen LogP contribution in [0, 0.1) is 0 Å². The van der Waals surface area contributed by atoms with Crippen LogP contribution in [0.25, 0.3) is 0 Å². The third-order valence-electron chi connectivity index (χ3n) is 0. The predicted molar refractivity (Wildman–Crippen MR) is 49.5 cm³/mol. The van der Waals surface area contributed by atoms with E-state index in [2.05, 4.69) is 0 Å². The van der Waals surface area contributed by atoms with Gasteiger partial charge in [0.2, 0.25) is 0 Å². The van der Waals surface area contributed by atoms with Crippen LogP contribution in [0.5, 0.6) is 0 Å². The van der Waals surface area contributed by atoms with E-state index < -0.39 is 31.2 Å². The zero-order valence-electron chi connectivity index (χ0n) is 9.23. The normalized spacial score (nSPS) is 7.91. The van der Waals surface area contributed by atoms with Crippen LogP contribution >= 0.6 is 0 Å². The zero-order chi connectivity index (χ0) is 13.5. The fourth-order valence-electron chi connectivity index (χ4n) is 0. The Labute approximate surface area is 145 Å². The second-order valence-corrected chi connectivity index (χ2v) is 3.67. The summed E-state index contributed by atoms with van der Waals surface area (Å²) in [4.78, 5) is 0. The van der Waals surface area contributed by atoms with Crippen molar-refractivity contribution in [2.24, 2.45) is 0 Å². The van der Waals surface area contributed by atoms with Gasteiger partial charge in [0.05, 0.1) is 0 Å². The van der Waals surface area contributed by atoms with Crippen molar-refractivity contribution in [2.75, 3.05) is 0 Å². The summed E-state index contributed by atoms with van der Waals surface area (Å²) >= 11 is 0. The molecule has 158 valence electrons. The van der Waals surface area contributed by atoms with Gasteiger partial charge >= 0.3 is 0 Å². The van der Waals surface area contributed by atoms with Gasteiger partial charge in [-0.1, -0.05) is 0 Å². The molecule has 0 atom stereocenters. The number of rotatable bonds is 0. The van der Waals surface area contributed by atoms with Crippen LogP contribution in [0.2, 0.25) is 0 Å². The van der Waals surface area contributed by atoms with Crippen molar-refractivity contribution in [3.05, 3.63) is 0 Å². The molecular formula is H10Cu2O17S3-6. The van der Waals surface area contributed by atoms with E-state index in [1.165, 1.54) is 0 Å². The molecule has 0 rings (SSSR count). The van der Waals surface area contributed by atoms with Crippen LogP contribution in [0.15, 0.2) is 0 Å². The maximum absolute atomic E-state index is 8.52. The molecule has 22 heavy (non-hydrogen) atoms. The summed E-state index contributed by atoms with van der Waals surface area (Å²) in [6.07, 6.45) is 0. The van der Waals surface area contributed by atoms with E-state index in [0.29, 0.717) is 0 Å². The van der Waals surface area contributed by atoms with E-state index in [0.717, 1.165) is 0 Å². The second-order valence-electron chi connectivity index (χ2n) is 1.22. The van der Waals surface area contributed by atoms with Crippen molar-refractivity contribution in [1.29, 1.82) is 0 Å². The Bertz CT molecular complexity index is 343. The summed E-state index contributed by atoms with van der Waals surface area (Å²) in [5, 5.41) is 0. The molecule has 0 aromatic heterocycles. The van der Waals surface area contributed by atoms with E-state index in [-0.39, 0.29) is 61.5 Å². The summed E-state index contributed by atoms with van der Waals surface area (Å²) in [7, 11) is -15.5. The standard InChI is InChI=1S/2Cu.3H2O4S.5H2O/c;;3*1-5(2,3)4;;;;;/h;;3*(H2,1,2,3,4);5*1H2/p-6.